The van der Waals surface area contributed by atoms with E-state index in [0.29, 0.717) is 47.8 Å². The van der Waals surface area contributed by atoms with Crippen molar-refractivity contribution in [2.24, 2.45) is 0 Å². The molecule has 0 radical (unpaired) electrons. The quantitative estimate of drug-likeness (QED) is 0.535. The lowest BCUT2D eigenvalue weighted by molar-refractivity contribution is -0.124. The normalized spacial score (nSPS) is 19.3. The summed E-state index contributed by atoms with van der Waals surface area (Å²) in [6, 6.07) is 13.7. The molecule has 0 saturated carbocycles. The second-order valence-electron chi connectivity index (χ2n) is 8.65. The summed E-state index contributed by atoms with van der Waals surface area (Å²) in [5.74, 6) is 0.100. The molecule has 7 nitrogen and oxygen atoms in total. The van der Waals surface area contributed by atoms with Crippen molar-refractivity contribution in [3.8, 4) is 16.9 Å². The van der Waals surface area contributed by atoms with Crippen LogP contribution in [0.1, 0.15) is 28.1 Å². The molecule has 5 rings (SSSR count). The number of nitrogens with zero attached hydrogens (tertiary/aromatic N) is 1. The molecule has 180 valence electrons. The number of thiophene rings is 1. The van der Waals surface area contributed by atoms with E-state index in [1.165, 1.54) is 11.3 Å². The van der Waals surface area contributed by atoms with Crippen LogP contribution < -0.4 is 15.4 Å². The first-order valence-electron chi connectivity index (χ1n) is 11.3. The van der Waals surface area contributed by atoms with E-state index < -0.39 is 6.04 Å². The van der Waals surface area contributed by atoms with Crippen molar-refractivity contribution in [2.75, 3.05) is 19.0 Å². The SMILES string of the molecule is COc1ccc(Cl)cc1-c1ccc2c(c1)C(=O)N1CC[C@H](NC(=O)Cc3cccs3)C[C@H]1C(=O)N2. The zero-order chi connectivity index (χ0) is 24.5. The number of halogens is 1. The number of rotatable bonds is 5. The molecule has 35 heavy (non-hydrogen) atoms. The Kier molecular flexibility index (Phi) is 6.49. The Labute approximate surface area is 212 Å². The molecule has 3 amide bonds. The van der Waals surface area contributed by atoms with Crippen LogP contribution >= 0.6 is 22.9 Å². The van der Waals surface area contributed by atoms with Crippen molar-refractivity contribution >= 4 is 46.3 Å². The maximum atomic E-state index is 13.6. The molecule has 2 aromatic carbocycles. The Morgan fingerprint density at radius 3 is 2.83 bits per heavy atom. The van der Waals surface area contributed by atoms with Gasteiger partial charge in [-0.05, 0) is 60.2 Å². The van der Waals surface area contributed by atoms with Crippen molar-refractivity contribution in [1.82, 2.24) is 10.2 Å². The summed E-state index contributed by atoms with van der Waals surface area (Å²) in [7, 11) is 1.58. The van der Waals surface area contributed by atoms with Gasteiger partial charge < -0.3 is 20.3 Å². The first-order valence-corrected chi connectivity index (χ1v) is 12.6. The number of ether oxygens (including phenoxy) is 1. The molecule has 1 saturated heterocycles. The summed E-state index contributed by atoms with van der Waals surface area (Å²) in [6.07, 6.45) is 1.27. The maximum absolute atomic E-state index is 13.6. The van der Waals surface area contributed by atoms with Gasteiger partial charge in [-0.2, -0.15) is 0 Å². The van der Waals surface area contributed by atoms with Gasteiger partial charge in [0.15, 0.2) is 0 Å². The van der Waals surface area contributed by atoms with Gasteiger partial charge in [0.2, 0.25) is 11.8 Å². The first-order chi connectivity index (χ1) is 16.9. The van der Waals surface area contributed by atoms with Crippen molar-refractivity contribution in [3.05, 3.63) is 69.4 Å². The van der Waals surface area contributed by atoms with Gasteiger partial charge in [-0.3, -0.25) is 14.4 Å². The predicted molar refractivity (Wildman–Crippen MR) is 136 cm³/mol. The number of methoxy groups -OCH3 is 1. The lowest BCUT2D eigenvalue weighted by atomic mass is 9.95. The van der Waals surface area contributed by atoms with E-state index in [1.807, 2.05) is 23.6 Å². The second kappa shape index (κ2) is 9.71. The fraction of sp³-hybridized carbons (Fsp3) is 0.269. The fourth-order valence-electron chi connectivity index (χ4n) is 4.71. The van der Waals surface area contributed by atoms with E-state index in [0.717, 1.165) is 16.0 Å². The van der Waals surface area contributed by atoms with Crippen LogP contribution in [0, 0.1) is 0 Å². The molecule has 1 fully saturated rings. The van der Waals surface area contributed by atoms with Crippen LogP contribution in [-0.4, -0.2) is 48.4 Å². The molecular formula is C26H24ClN3O4S. The summed E-state index contributed by atoms with van der Waals surface area (Å²) in [5.41, 5.74) is 2.41. The lowest BCUT2D eigenvalue weighted by Crippen LogP contribution is -2.55. The summed E-state index contributed by atoms with van der Waals surface area (Å²) < 4.78 is 5.47. The smallest absolute Gasteiger partial charge is 0.256 e. The average Bonchev–Trinajstić information content (AvgIpc) is 3.33. The van der Waals surface area contributed by atoms with Crippen LogP contribution in [0.4, 0.5) is 5.69 Å². The Bertz CT molecular complexity index is 1290. The molecule has 2 aliphatic heterocycles. The highest BCUT2D eigenvalue weighted by Crippen LogP contribution is 2.36. The number of hydrogen-bond acceptors (Lipinski definition) is 5. The highest BCUT2D eigenvalue weighted by Gasteiger charge is 2.40. The van der Waals surface area contributed by atoms with Crippen LogP contribution in [0.2, 0.25) is 5.02 Å². The van der Waals surface area contributed by atoms with Crippen LogP contribution in [0.3, 0.4) is 0 Å². The monoisotopic (exact) mass is 509 g/mol. The standard InChI is InChI=1S/C26H24ClN3O4S/c1-34-23-7-5-16(27)12-19(23)15-4-6-21-20(11-15)26(33)30-9-8-17(13-22(30)25(32)29-21)28-24(31)14-18-3-2-10-35-18/h2-7,10-12,17,22H,8-9,13-14H2,1H3,(H,28,31)(H,29,32)/t17-,22-/m0/s1. The Hall–Kier alpha value is -3.36. The highest BCUT2D eigenvalue weighted by atomic mass is 35.5. The Balaban J connectivity index is 1.37. The van der Waals surface area contributed by atoms with Crippen molar-refractivity contribution < 1.29 is 19.1 Å². The first kappa shape index (κ1) is 23.4. The van der Waals surface area contributed by atoms with E-state index in [2.05, 4.69) is 10.6 Å². The molecular weight excluding hydrogens is 486 g/mol. The van der Waals surface area contributed by atoms with Gasteiger partial charge in [0.1, 0.15) is 11.8 Å². The van der Waals surface area contributed by atoms with E-state index in [1.54, 1.807) is 42.3 Å². The predicted octanol–water partition coefficient (Wildman–Crippen LogP) is 4.36. The van der Waals surface area contributed by atoms with E-state index in [9.17, 15) is 14.4 Å². The molecule has 2 N–H and O–H groups in total. The van der Waals surface area contributed by atoms with E-state index in [4.69, 9.17) is 16.3 Å². The van der Waals surface area contributed by atoms with Crippen LogP contribution in [0.5, 0.6) is 5.75 Å². The van der Waals surface area contributed by atoms with Crippen LogP contribution in [0.25, 0.3) is 11.1 Å². The summed E-state index contributed by atoms with van der Waals surface area (Å²) in [6.45, 7) is 0.380. The van der Waals surface area contributed by atoms with Crippen LogP contribution in [0.15, 0.2) is 53.9 Å². The number of carbonyl (C=O) groups is 3. The number of nitrogens with one attached hydrogen (secondary N) is 2. The number of hydrogen-bond donors (Lipinski definition) is 2. The molecule has 1 aromatic heterocycles. The van der Waals surface area contributed by atoms with Crippen molar-refractivity contribution in [3.63, 3.8) is 0 Å². The zero-order valence-corrected chi connectivity index (χ0v) is 20.6. The molecule has 0 spiro atoms. The average molecular weight is 510 g/mol. The Morgan fingerprint density at radius 2 is 2.06 bits per heavy atom. The fourth-order valence-corrected chi connectivity index (χ4v) is 5.59. The lowest BCUT2D eigenvalue weighted by Gasteiger charge is -2.37. The van der Waals surface area contributed by atoms with Gasteiger partial charge in [0.25, 0.3) is 5.91 Å². The molecule has 0 unspecified atom stereocenters. The number of amides is 3. The molecule has 3 aromatic rings. The van der Waals surface area contributed by atoms with E-state index >= 15 is 0 Å². The summed E-state index contributed by atoms with van der Waals surface area (Å²) >= 11 is 7.74. The molecule has 0 aliphatic carbocycles. The van der Waals surface area contributed by atoms with Gasteiger partial charge in [-0.25, -0.2) is 0 Å². The van der Waals surface area contributed by atoms with E-state index in [-0.39, 0.29) is 23.8 Å². The largest absolute Gasteiger partial charge is 0.496 e. The molecule has 3 heterocycles. The third-order valence-electron chi connectivity index (χ3n) is 6.43. The second-order valence-corrected chi connectivity index (χ2v) is 10.1. The number of carbonyl (C=O) groups excluding carboxylic acids is 3. The minimum atomic E-state index is -0.653. The Morgan fingerprint density at radius 1 is 1.20 bits per heavy atom. The van der Waals surface area contributed by atoms with Gasteiger partial charge >= 0.3 is 0 Å². The third kappa shape index (κ3) is 4.76. The van der Waals surface area contributed by atoms with Crippen LogP contribution in [-0.2, 0) is 16.0 Å². The minimum absolute atomic E-state index is 0.0744. The number of benzene rings is 2. The summed E-state index contributed by atoms with van der Waals surface area (Å²) in [4.78, 5) is 41.7. The number of piperidine rings is 1. The number of fused-ring (bicyclic) bond motifs is 2. The van der Waals surface area contributed by atoms with Crippen molar-refractivity contribution in [1.29, 1.82) is 0 Å². The van der Waals surface area contributed by atoms with Gasteiger partial charge in [-0.1, -0.05) is 23.7 Å². The minimum Gasteiger partial charge on any atom is -0.496 e. The van der Waals surface area contributed by atoms with Gasteiger partial charge in [0, 0.05) is 28.0 Å². The highest BCUT2D eigenvalue weighted by molar-refractivity contribution is 7.10. The van der Waals surface area contributed by atoms with Gasteiger partial charge in [-0.15, -0.1) is 11.3 Å². The topological polar surface area (TPSA) is 87.7 Å². The number of anilines is 1. The molecule has 9 heteroatoms. The van der Waals surface area contributed by atoms with Gasteiger partial charge in [0.05, 0.1) is 24.8 Å². The maximum Gasteiger partial charge on any atom is 0.256 e. The molecule has 2 atom stereocenters. The summed E-state index contributed by atoms with van der Waals surface area (Å²) in [5, 5.41) is 8.44. The third-order valence-corrected chi connectivity index (χ3v) is 7.54. The zero-order valence-electron chi connectivity index (χ0n) is 19.0. The molecule has 2 aliphatic rings. The van der Waals surface area contributed by atoms with Crippen molar-refractivity contribution in [2.45, 2.75) is 31.3 Å². The molecule has 0 bridgehead atoms.